The molecule has 0 bridgehead atoms. The van der Waals surface area contributed by atoms with Gasteiger partial charge in [0.25, 0.3) is 5.36 Å². The molecule has 7 heavy (non-hydrogen) atoms. The Balaban J connectivity index is 2.50. The van der Waals surface area contributed by atoms with Gasteiger partial charge in [0, 0.05) is 0 Å². The first-order valence-corrected chi connectivity index (χ1v) is 2.53. The largest absolute Gasteiger partial charge is 0.467 e. The number of hydrogen-bond donors (Lipinski definition) is 0. The Hall–Kier alpha value is -0.240. The van der Waals surface area contributed by atoms with Gasteiger partial charge in [-0.25, -0.2) is 4.99 Å². The van der Waals surface area contributed by atoms with E-state index in [-0.39, 0.29) is 6.04 Å². The van der Waals surface area contributed by atoms with Gasteiger partial charge in [0.2, 0.25) is 0 Å². The van der Waals surface area contributed by atoms with E-state index in [2.05, 4.69) is 4.99 Å². The molecule has 1 atom stereocenters. The molecule has 0 radical (unpaired) electrons. The van der Waals surface area contributed by atoms with Crippen molar-refractivity contribution in [1.29, 1.82) is 0 Å². The molecule has 1 aliphatic heterocycles. The predicted octanol–water partition coefficient (Wildman–Crippen LogP) is 1.000. The molecule has 1 unspecified atom stereocenters. The fraction of sp³-hybridized carbons (Fsp3) is 0.750. The molecule has 2 nitrogen and oxygen atoms in total. The highest BCUT2D eigenvalue weighted by Crippen LogP contribution is 2.04. The van der Waals surface area contributed by atoms with E-state index in [4.69, 9.17) is 16.3 Å². The smallest absolute Gasteiger partial charge is 0.282 e. The van der Waals surface area contributed by atoms with E-state index in [1.807, 2.05) is 6.92 Å². The summed E-state index contributed by atoms with van der Waals surface area (Å²) in [6.45, 7) is 2.59. The van der Waals surface area contributed by atoms with Crippen molar-refractivity contribution in [3.05, 3.63) is 0 Å². The number of nitrogens with zero attached hydrogens (tertiary/aromatic N) is 1. The molecule has 0 aromatic carbocycles. The van der Waals surface area contributed by atoms with Crippen LogP contribution in [0.25, 0.3) is 0 Å². The lowest BCUT2D eigenvalue weighted by Crippen LogP contribution is -1.97. The summed E-state index contributed by atoms with van der Waals surface area (Å²) in [6.07, 6.45) is 0. The first-order valence-electron chi connectivity index (χ1n) is 2.15. The van der Waals surface area contributed by atoms with Crippen molar-refractivity contribution in [3.8, 4) is 0 Å². The van der Waals surface area contributed by atoms with Gasteiger partial charge >= 0.3 is 0 Å². The highest BCUT2D eigenvalue weighted by Gasteiger charge is 2.10. The van der Waals surface area contributed by atoms with Crippen molar-refractivity contribution in [2.24, 2.45) is 4.99 Å². The molecule has 0 saturated heterocycles. The lowest BCUT2D eigenvalue weighted by Gasteiger charge is -1.89. The monoisotopic (exact) mass is 119 g/mol. The molecule has 0 aromatic rings. The van der Waals surface area contributed by atoms with Crippen molar-refractivity contribution < 1.29 is 4.74 Å². The Morgan fingerprint density at radius 1 is 2.00 bits per heavy atom. The fourth-order valence-corrected chi connectivity index (χ4v) is 0.667. The van der Waals surface area contributed by atoms with Crippen molar-refractivity contribution in [3.63, 3.8) is 0 Å². The average Bonchev–Trinajstić information content (AvgIpc) is 1.87. The van der Waals surface area contributed by atoms with Crippen LogP contribution in [0.3, 0.4) is 0 Å². The standard InChI is InChI=1S/C4H6ClNO/c1-3-2-7-4(5)6-3/h3H,2H2,1H3. The van der Waals surface area contributed by atoms with Gasteiger partial charge in [-0.05, 0) is 18.5 Å². The Bertz CT molecular complexity index is 102. The van der Waals surface area contributed by atoms with E-state index in [1.54, 1.807) is 0 Å². The highest BCUT2D eigenvalue weighted by molar-refractivity contribution is 6.63. The summed E-state index contributed by atoms with van der Waals surface area (Å²) in [7, 11) is 0. The molecule has 0 aliphatic carbocycles. The van der Waals surface area contributed by atoms with Crippen molar-refractivity contribution in [2.75, 3.05) is 6.61 Å². The van der Waals surface area contributed by atoms with Crippen LogP contribution in [0.2, 0.25) is 0 Å². The minimum atomic E-state index is 0.257. The number of hydrogen-bond acceptors (Lipinski definition) is 2. The zero-order chi connectivity index (χ0) is 5.28. The summed E-state index contributed by atoms with van der Waals surface area (Å²) in [5, 5.41) is 0.299. The molecular formula is C4H6ClNO. The minimum absolute atomic E-state index is 0.257. The maximum Gasteiger partial charge on any atom is 0.282 e. The average molecular weight is 120 g/mol. The van der Waals surface area contributed by atoms with Gasteiger partial charge in [-0.3, -0.25) is 0 Å². The van der Waals surface area contributed by atoms with Crippen LogP contribution in [0.15, 0.2) is 4.99 Å². The SMILES string of the molecule is CC1COC(Cl)=N1. The maximum atomic E-state index is 5.33. The molecule has 3 heteroatoms. The van der Waals surface area contributed by atoms with Gasteiger partial charge in [-0.15, -0.1) is 0 Å². The summed E-state index contributed by atoms with van der Waals surface area (Å²) in [4.78, 5) is 3.85. The summed E-state index contributed by atoms with van der Waals surface area (Å²) in [5.74, 6) is 0. The lowest BCUT2D eigenvalue weighted by atomic mass is 10.4. The van der Waals surface area contributed by atoms with E-state index in [1.165, 1.54) is 0 Å². The molecule has 0 spiro atoms. The highest BCUT2D eigenvalue weighted by atomic mass is 35.5. The van der Waals surface area contributed by atoms with Crippen LogP contribution >= 0.6 is 11.6 Å². The molecule has 1 rings (SSSR count). The van der Waals surface area contributed by atoms with E-state index < -0.39 is 0 Å². The fourth-order valence-electron chi connectivity index (χ4n) is 0.437. The van der Waals surface area contributed by atoms with E-state index >= 15 is 0 Å². The first-order chi connectivity index (χ1) is 3.29. The third-order valence-electron chi connectivity index (χ3n) is 0.766. The van der Waals surface area contributed by atoms with Crippen LogP contribution in [0.1, 0.15) is 6.92 Å². The van der Waals surface area contributed by atoms with Gasteiger partial charge in [0.15, 0.2) is 0 Å². The second-order valence-electron chi connectivity index (χ2n) is 1.54. The third-order valence-corrected chi connectivity index (χ3v) is 0.972. The quantitative estimate of drug-likeness (QED) is 0.466. The van der Waals surface area contributed by atoms with Crippen LogP contribution in [-0.2, 0) is 4.74 Å². The normalized spacial score (nSPS) is 29.4. The predicted molar refractivity (Wildman–Crippen MR) is 28.7 cm³/mol. The zero-order valence-electron chi connectivity index (χ0n) is 4.02. The second-order valence-corrected chi connectivity index (χ2v) is 1.87. The van der Waals surface area contributed by atoms with Crippen LogP contribution in [-0.4, -0.2) is 18.0 Å². The van der Waals surface area contributed by atoms with Crippen LogP contribution in [0.5, 0.6) is 0 Å². The van der Waals surface area contributed by atoms with E-state index in [9.17, 15) is 0 Å². The maximum absolute atomic E-state index is 5.33. The number of halogens is 1. The number of rotatable bonds is 0. The first kappa shape index (κ1) is 4.91. The molecule has 1 aliphatic rings. The molecular weight excluding hydrogens is 114 g/mol. The Morgan fingerprint density at radius 3 is 2.86 bits per heavy atom. The lowest BCUT2D eigenvalue weighted by molar-refractivity contribution is 0.330. The van der Waals surface area contributed by atoms with Gasteiger partial charge in [0.05, 0.1) is 6.04 Å². The van der Waals surface area contributed by atoms with Crippen LogP contribution in [0.4, 0.5) is 0 Å². The Kier molecular flexibility index (Phi) is 1.19. The minimum Gasteiger partial charge on any atom is -0.467 e. The van der Waals surface area contributed by atoms with Crippen molar-refractivity contribution in [2.45, 2.75) is 13.0 Å². The molecule has 0 N–H and O–H groups in total. The van der Waals surface area contributed by atoms with Gasteiger partial charge in [-0.2, -0.15) is 0 Å². The van der Waals surface area contributed by atoms with Crippen LogP contribution < -0.4 is 0 Å². The molecule has 0 fully saturated rings. The van der Waals surface area contributed by atoms with Gasteiger partial charge in [-0.1, -0.05) is 0 Å². The van der Waals surface area contributed by atoms with Gasteiger partial charge < -0.3 is 4.74 Å². The molecule has 40 valence electrons. The van der Waals surface area contributed by atoms with Crippen molar-refractivity contribution in [1.82, 2.24) is 0 Å². The third kappa shape index (κ3) is 1.06. The molecule has 0 saturated carbocycles. The summed E-state index contributed by atoms with van der Waals surface area (Å²) in [5.41, 5.74) is 0. The van der Waals surface area contributed by atoms with Crippen LogP contribution in [0, 0.1) is 0 Å². The number of aliphatic imine (C=N–C) groups is 1. The second kappa shape index (κ2) is 1.70. The zero-order valence-corrected chi connectivity index (χ0v) is 4.77. The summed E-state index contributed by atoms with van der Waals surface area (Å²) in [6, 6.07) is 0.257. The number of ether oxygens (including phenoxy) is 1. The Labute approximate surface area is 47.1 Å². The summed E-state index contributed by atoms with van der Waals surface area (Å²) >= 11 is 5.33. The molecule has 0 aromatic heterocycles. The van der Waals surface area contributed by atoms with E-state index in [0.717, 1.165) is 0 Å². The van der Waals surface area contributed by atoms with Gasteiger partial charge in [0.1, 0.15) is 6.61 Å². The Morgan fingerprint density at radius 2 is 2.71 bits per heavy atom. The molecule has 1 heterocycles. The van der Waals surface area contributed by atoms with Crippen molar-refractivity contribution >= 4 is 17.0 Å². The van der Waals surface area contributed by atoms with E-state index in [0.29, 0.717) is 12.0 Å². The summed E-state index contributed by atoms with van der Waals surface area (Å²) < 4.78 is 4.78. The molecule has 0 amide bonds. The topological polar surface area (TPSA) is 21.6 Å².